The van der Waals surface area contributed by atoms with Crippen LogP contribution >= 0.6 is 23.2 Å². The summed E-state index contributed by atoms with van der Waals surface area (Å²) in [6, 6.07) is 9.87. The van der Waals surface area contributed by atoms with Gasteiger partial charge in [0, 0.05) is 0 Å². The predicted molar refractivity (Wildman–Crippen MR) is 88.4 cm³/mol. The Labute approximate surface area is 142 Å². The molecule has 0 unspecified atom stereocenters. The number of halogens is 2. The molecular formula is C16H13Cl2NO4. The minimum absolute atomic E-state index is 0.114. The third-order valence-electron chi connectivity index (χ3n) is 3.03. The van der Waals surface area contributed by atoms with E-state index in [4.69, 9.17) is 28.3 Å². The van der Waals surface area contributed by atoms with Gasteiger partial charge < -0.3 is 15.2 Å². The van der Waals surface area contributed by atoms with Gasteiger partial charge in [-0.1, -0.05) is 41.4 Å². The first-order valence-corrected chi connectivity index (χ1v) is 7.36. The number of ether oxygens (including phenoxy) is 1. The molecule has 0 fully saturated rings. The highest BCUT2D eigenvalue weighted by molar-refractivity contribution is 6.39. The SMILES string of the molecule is Cc1ccc(Cl)c(Nc2ccccc2C(=O)OC(=O)CO)c1Cl. The van der Waals surface area contributed by atoms with Crippen molar-refractivity contribution in [2.45, 2.75) is 6.92 Å². The maximum atomic E-state index is 12.0. The molecule has 23 heavy (non-hydrogen) atoms. The normalized spacial score (nSPS) is 10.3. The molecule has 2 aromatic carbocycles. The van der Waals surface area contributed by atoms with Crippen molar-refractivity contribution >= 4 is 46.5 Å². The molecule has 2 rings (SSSR count). The van der Waals surface area contributed by atoms with Crippen LogP contribution in [0.4, 0.5) is 11.4 Å². The highest BCUT2D eigenvalue weighted by atomic mass is 35.5. The molecule has 0 radical (unpaired) electrons. The summed E-state index contributed by atoms with van der Waals surface area (Å²) in [5.74, 6) is -1.91. The van der Waals surface area contributed by atoms with Gasteiger partial charge in [0.2, 0.25) is 0 Å². The number of esters is 2. The lowest BCUT2D eigenvalue weighted by Gasteiger charge is -2.14. The number of aryl methyl sites for hydroxylation is 1. The number of anilines is 2. The molecule has 0 spiro atoms. The van der Waals surface area contributed by atoms with Gasteiger partial charge in [-0.25, -0.2) is 9.59 Å². The van der Waals surface area contributed by atoms with E-state index < -0.39 is 18.5 Å². The van der Waals surface area contributed by atoms with Crippen molar-refractivity contribution in [3.63, 3.8) is 0 Å². The molecule has 120 valence electrons. The second kappa shape index (κ2) is 7.46. The molecule has 0 aliphatic rings. The summed E-state index contributed by atoms with van der Waals surface area (Å²) in [5, 5.41) is 12.5. The number of benzene rings is 2. The molecule has 0 amide bonds. The molecule has 0 atom stereocenters. The van der Waals surface area contributed by atoms with Crippen molar-refractivity contribution in [3.05, 3.63) is 57.6 Å². The van der Waals surface area contributed by atoms with E-state index in [-0.39, 0.29) is 5.56 Å². The molecule has 7 heteroatoms. The largest absolute Gasteiger partial charge is 0.388 e. The number of hydrogen-bond donors (Lipinski definition) is 2. The summed E-state index contributed by atoms with van der Waals surface area (Å²) >= 11 is 12.4. The molecule has 0 saturated heterocycles. The molecule has 0 bridgehead atoms. The van der Waals surface area contributed by atoms with Crippen molar-refractivity contribution in [1.29, 1.82) is 0 Å². The van der Waals surface area contributed by atoms with Crippen LogP contribution in [0.25, 0.3) is 0 Å². The molecule has 0 heterocycles. The van der Waals surface area contributed by atoms with Gasteiger partial charge in [-0.05, 0) is 30.7 Å². The Balaban J connectivity index is 2.37. The van der Waals surface area contributed by atoms with Gasteiger partial charge in [0.25, 0.3) is 0 Å². The van der Waals surface area contributed by atoms with E-state index in [0.717, 1.165) is 5.56 Å². The lowest BCUT2D eigenvalue weighted by atomic mass is 10.1. The fourth-order valence-electron chi connectivity index (χ4n) is 1.87. The Morgan fingerprint density at radius 1 is 1.17 bits per heavy atom. The van der Waals surface area contributed by atoms with E-state index in [1.807, 2.05) is 6.92 Å². The van der Waals surface area contributed by atoms with Crippen LogP contribution < -0.4 is 5.32 Å². The van der Waals surface area contributed by atoms with Crippen LogP contribution in [0.1, 0.15) is 15.9 Å². The van der Waals surface area contributed by atoms with Gasteiger partial charge in [0.05, 0.1) is 27.0 Å². The molecule has 2 aromatic rings. The zero-order chi connectivity index (χ0) is 17.0. The van der Waals surface area contributed by atoms with Crippen LogP contribution in [0, 0.1) is 6.92 Å². The van der Waals surface area contributed by atoms with E-state index in [1.54, 1.807) is 30.3 Å². The van der Waals surface area contributed by atoms with Crippen LogP contribution in [0.5, 0.6) is 0 Å². The average Bonchev–Trinajstić information content (AvgIpc) is 2.55. The number of para-hydroxylation sites is 1. The van der Waals surface area contributed by atoms with Crippen molar-refractivity contribution in [3.8, 4) is 0 Å². The van der Waals surface area contributed by atoms with Gasteiger partial charge in [-0.2, -0.15) is 0 Å². The summed E-state index contributed by atoms with van der Waals surface area (Å²) < 4.78 is 4.51. The lowest BCUT2D eigenvalue weighted by molar-refractivity contribution is -0.141. The molecule has 2 N–H and O–H groups in total. The highest BCUT2D eigenvalue weighted by Gasteiger charge is 2.17. The lowest BCUT2D eigenvalue weighted by Crippen LogP contribution is -2.16. The predicted octanol–water partition coefficient (Wildman–Crippen LogP) is 3.72. The third-order valence-corrected chi connectivity index (χ3v) is 3.83. The molecule has 0 aliphatic heterocycles. The summed E-state index contributed by atoms with van der Waals surface area (Å²) in [6.45, 7) is 0.945. The van der Waals surface area contributed by atoms with Crippen molar-refractivity contribution in [2.75, 3.05) is 11.9 Å². The van der Waals surface area contributed by atoms with Gasteiger partial charge in [0.15, 0.2) is 0 Å². The Bertz CT molecular complexity index is 762. The standard InChI is InChI=1S/C16H13Cl2NO4/c1-9-6-7-11(17)15(14(9)18)19-12-5-3-2-4-10(12)16(22)23-13(21)8-20/h2-7,19-20H,8H2,1H3. The maximum absolute atomic E-state index is 12.0. The summed E-state index contributed by atoms with van der Waals surface area (Å²) in [6.07, 6.45) is 0. The summed E-state index contributed by atoms with van der Waals surface area (Å²) in [5.41, 5.74) is 1.75. The molecule has 0 saturated carbocycles. The van der Waals surface area contributed by atoms with Gasteiger partial charge in [-0.3, -0.25) is 0 Å². The number of rotatable bonds is 4. The third kappa shape index (κ3) is 4.01. The number of carbonyl (C=O) groups is 2. The van der Waals surface area contributed by atoms with Crippen molar-refractivity contribution < 1.29 is 19.4 Å². The van der Waals surface area contributed by atoms with Gasteiger partial charge >= 0.3 is 11.9 Å². The first-order chi connectivity index (χ1) is 10.9. The van der Waals surface area contributed by atoms with E-state index in [1.165, 1.54) is 6.07 Å². The fourth-order valence-corrected chi connectivity index (χ4v) is 2.33. The monoisotopic (exact) mass is 353 g/mol. The highest BCUT2D eigenvalue weighted by Crippen LogP contribution is 2.36. The maximum Gasteiger partial charge on any atom is 0.347 e. The van der Waals surface area contributed by atoms with E-state index in [9.17, 15) is 9.59 Å². The number of carbonyl (C=O) groups excluding carboxylic acids is 2. The van der Waals surface area contributed by atoms with Crippen molar-refractivity contribution in [2.24, 2.45) is 0 Å². The zero-order valence-corrected chi connectivity index (χ0v) is 13.6. The second-order valence-corrected chi connectivity index (χ2v) is 5.43. The van der Waals surface area contributed by atoms with Crippen LogP contribution in [-0.4, -0.2) is 23.7 Å². The van der Waals surface area contributed by atoms with Crippen LogP contribution in [0.2, 0.25) is 10.0 Å². The number of hydrogen-bond acceptors (Lipinski definition) is 5. The quantitative estimate of drug-likeness (QED) is 0.647. The first kappa shape index (κ1) is 17.3. The smallest absolute Gasteiger partial charge is 0.347 e. The minimum Gasteiger partial charge on any atom is -0.388 e. The number of aliphatic hydroxyl groups is 1. The fraction of sp³-hybridized carbons (Fsp3) is 0.125. The Morgan fingerprint density at radius 2 is 1.87 bits per heavy atom. The van der Waals surface area contributed by atoms with Gasteiger partial charge in [0.1, 0.15) is 6.61 Å². The van der Waals surface area contributed by atoms with Crippen LogP contribution in [-0.2, 0) is 9.53 Å². The van der Waals surface area contributed by atoms with Crippen LogP contribution in [0.15, 0.2) is 36.4 Å². The zero-order valence-electron chi connectivity index (χ0n) is 12.1. The van der Waals surface area contributed by atoms with E-state index in [0.29, 0.717) is 21.4 Å². The Hall–Kier alpha value is -2.08. The topological polar surface area (TPSA) is 75.6 Å². The van der Waals surface area contributed by atoms with E-state index >= 15 is 0 Å². The number of nitrogens with one attached hydrogen (secondary N) is 1. The Kier molecular flexibility index (Phi) is 5.60. The van der Waals surface area contributed by atoms with Crippen molar-refractivity contribution in [1.82, 2.24) is 0 Å². The molecule has 0 aliphatic carbocycles. The molecule has 0 aromatic heterocycles. The number of aliphatic hydroxyl groups excluding tert-OH is 1. The molecule has 5 nitrogen and oxygen atoms in total. The minimum atomic E-state index is -1.03. The van der Waals surface area contributed by atoms with Crippen LogP contribution in [0.3, 0.4) is 0 Å². The van der Waals surface area contributed by atoms with Gasteiger partial charge in [-0.15, -0.1) is 0 Å². The molecular weight excluding hydrogens is 341 g/mol. The Morgan fingerprint density at radius 3 is 2.57 bits per heavy atom. The van der Waals surface area contributed by atoms with E-state index in [2.05, 4.69) is 10.1 Å². The first-order valence-electron chi connectivity index (χ1n) is 6.60. The summed E-state index contributed by atoms with van der Waals surface area (Å²) in [4.78, 5) is 23.1. The summed E-state index contributed by atoms with van der Waals surface area (Å²) in [7, 11) is 0. The second-order valence-electron chi connectivity index (χ2n) is 4.64. The average molecular weight is 354 g/mol.